The van der Waals surface area contributed by atoms with Crippen molar-refractivity contribution in [2.24, 2.45) is 4.99 Å². The van der Waals surface area contributed by atoms with Crippen LogP contribution < -0.4 is 5.32 Å². The molecule has 2 heterocycles. The van der Waals surface area contributed by atoms with E-state index in [-0.39, 0.29) is 0 Å². The van der Waals surface area contributed by atoms with Crippen LogP contribution in [0.3, 0.4) is 0 Å². The summed E-state index contributed by atoms with van der Waals surface area (Å²) < 4.78 is 0. The minimum atomic E-state index is 0.638. The van der Waals surface area contributed by atoms with Crippen LogP contribution in [0.25, 0.3) is 0 Å². The second-order valence-corrected chi connectivity index (χ2v) is 7.78. The summed E-state index contributed by atoms with van der Waals surface area (Å²) in [6, 6.07) is 10.9. The summed E-state index contributed by atoms with van der Waals surface area (Å²) >= 11 is 0. The number of unbranched alkanes of at least 4 members (excludes halogenated alkanes) is 2. The Morgan fingerprint density at radius 3 is 2.62 bits per heavy atom. The molecule has 3 rings (SSSR count). The minimum Gasteiger partial charge on any atom is -0.356 e. The van der Waals surface area contributed by atoms with E-state index >= 15 is 0 Å². The van der Waals surface area contributed by atoms with Crippen LogP contribution in [-0.4, -0.2) is 62.1 Å². The van der Waals surface area contributed by atoms with Gasteiger partial charge in [-0.1, -0.05) is 43.2 Å². The van der Waals surface area contributed by atoms with Crippen LogP contribution in [0.5, 0.6) is 0 Å². The van der Waals surface area contributed by atoms with Gasteiger partial charge >= 0.3 is 0 Å². The summed E-state index contributed by atoms with van der Waals surface area (Å²) in [5.74, 6) is 1.72. The average molecular weight is 357 g/mol. The van der Waals surface area contributed by atoms with Gasteiger partial charge in [0.25, 0.3) is 0 Å². The van der Waals surface area contributed by atoms with Gasteiger partial charge in [-0.2, -0.15) is 0 Å². The van der Waals surface area contributed by atoms with Crippen molar-refractivity contribution in [1.29, 1.82) is 0 Å². The molecule has 0 amide bonds. The molecule has 1 atom stereocenters. The van der Waals surface area contributed by atoms with Gasteiger partial charge in [0, 0.05) is 32.6 Å². The van der Waals surface area contributed by atoms with Crippen LogP contribution >= 0.6 is 0 Å². The molecule has 2 aliphatic heterocycles. The van der Waals surface area contributed by atoms with Gasteiger partial charge < -0.3 is 15.1 Å². The highest BCUT2D eigenvalue weighted by Crippen LogP contribution is 2.26. The van der Waals surface area contributed by atoms with Crippen molar-refractivity contribution in [2.45, 2.75) is 50.9 Å². The first-order chi connectivity index (χ1) is 12.9. The van der Waals surface area contributed by atoms with Crippen molar-refractivity contribution >= 4 is 5.96 Å². The van der Waals surface area contributed by atoms with Crippen molar-refractivity contribution < 1.29 is 0 Å². The quantitative estimate of drug-likeness (QED) is 0.459. The number of aliphatic imine (C=N–C) groups is 1. The molecule has 0 aromatic heterocycles. The highest BCUT2D eigenvalue weighted by Gasteiger charge is 2.25. The lowest BCUT2D eigenvalue weighted by atomic mass is 9.99. The standard InChI is InChI=1S/C22H36N4/c1-23-22(24-14-7-3-8-15-25-16-9-4-10-17-25)26-18-13-21(19-26)20-11-5-2-6-12-20/h2,5-6,11-12,21H,3-4,7-10,13-19H2,1H3,(H,23,24). The van der Waals surface area contributed by atoms with E-state index in [1.807, 2.05) is 7.05 Å². The van der Waals surface area contributed by atoms with Crippen LogP contribution in [0.2, 0.25) is 0 Å². The number of hydrogen-bond donors (Lipinski definition) is 1. The summed E-state index contributed by atoms with van der Waals surface area (Å²) in [5, 5.41) is 3.58. The fourth-order valence-electron chi connectivity index (χ4n) is 4.30. The first-order valence-electron chi connectivity index (χ1n) is 10.6. The van der Waals surface area contributed by atoms with Gasteiger partial charge in [-0.05, 0) is 57.3 Å². The molecule has 2 fully saturated rings. The molecule has 4 nitrogen and oxygen atoms in total. The molecule has 2 aliphatic rings. The molecule has 0 spiro atoms. The molecule has 4 heteroatoms. The lowest BCUT2D eigenvalue weighted by Gasteiger charge is -2.26. The van der Waals surface area contributed by atoms with E-state index in [1.165, 1.54) is 70.1 Å². The minimum absolute atomic E-state index is 0.638. The number of likely N-dealkylation sites (tertiary alicyclic amines) is 2. The monoisotopic (exact) mass is 356 g/mol. The smallest absolute Gasteiger partial charge is 0.193 e. The Kier molecular flexibility index (Phi) is 7.81. The topological polar surface area (TPSA) is 30.9 Å². The van der Waals surface area contributed by atoms with Gasteiger partial charge in [-0.15, -0.1) is 0 Å². The summed E-state index contributed by atoms with van der Waals surface area (Å²) in [6.07, 6.45) is 9.34. The van der Waals surface area contributed by atoms with Gasteiger partial charge in [0.1, 0.15) is 0 Å². The molecule has 0 radical (unpaired) electrons. The fraction of sp³-hybridized carbons (Fsp3) is 0.682. The number of nitrogens with one attached hydrogen (secondary N) is 1. The number of rotatable bonds is 7. The molecule has 1 aromatic rings. The van der Waals surface area contributed by atoms with E-state index in [2.05, 4.69) is 50.4 Å². The number of hydrogen-bond acceptors (Lipinski definition) is 2. The highest BCUT2D eigenvalue weighted by molar-refractivity contribution is 5.80. The third-order valence-electron chi connectivity index (χ3n) is 5.85. The van der Waals surface area contributed by atoms with Gasteiger partial charge in [-0.3, -0.25) is 4.99 Å². The molecular weight excluding hydrogens is 320 g/mol. The molecule has 144 valence electrons. The number of guanidine groups is 1. The predicted octanol–water partition coefficient (Wildman–Crippen LogP) is 3.71. The summed E-state index contributed by atoms with van der Waals surface area (Å²) in [5.41, 5.74) is 1.46. The van der Waals surface area contributed by atoms with Crippen LogP contribution in [0.15, 0.2) is 35.3 Å². The zero-order valence-electron chi connectivity index (χ0n) is 16.5. The van der Waals surface area contributed by atoms with Crippen LogP contribution in [0, 0.1) is 0 Å². The second-order valence-electron chi connectivity index (χ2n) is 7.78. The van der Waals surface area contributed by atoms with Crippen LogP contribution in [-0.2, 0) is 0 Å². The maximum Gasteiger partial charge on any atom is 0.193 e. The third-order valence-corrected chi connectivity index (χ3v) is 5.85. The lowest BCUT2D eigenvalue weighted by Crippen LogP contribution is -2.40. The zero-order chi connectivity index (χ0) is 18.0. The molecule has 2 saturated heterocycles. The summed E-state index contributed by atoms with van der Waals surface area (Å²) in [7, 11) is 1.91. The maximum absolute atomic E-state index is 4.51. The second kappa shape index (κ2) is 10.6. The molecule has 26 heavy (non-hydrogen) atoms. The van der Waals surface area contributed by atoms with Gasteiger partial charge in [0.2, 0.25) is 0 Å². The van der Waals surface area contributed by atoms with E-state index in [1.54, 1.807) is 0 Å². The zero-order valence-corrected chi connectivity index (χ0v) is 16.5. The van der Waals surface area contributed by atoms with E-state index in [9.17, 15) is 0 Å². The lowest BCUT2D eigenvalue weighted by molar-refractivity contribution is 0.224. The van der Waals surface area contributed by atoms with Crippen molar-refractivity contribution in [2.75, 3.05) is 46.3 Å². The van der Waals surface area contributed by atoms with Crippen molar-refractivity contribution in [3.05, 3.63) is 35.9 Å². The van der Waals surface area contributed by atoms with Crippen LogP contribution in [0.1, 0.15) is 56.4 Å². The SMILES string of the molecule is CN=C(NCCCCCN1CCCCC1)N1CCC(c2ccccc2)C1. The highest BCUT2D eigenvalue weighted by atomic mass is 15.3. The molecular formula is C22H36N4. The Bertz CT molecular complexity index is 536. The van der Waals surface area contributed by atoms with Crippen molar-refractivity contribution in [1.82, 2.24) is 15.1 Å². The predicted molar refractivity (Wildman–Crippen MR) is 111 cm³/mol. The van der Waals surface area contributed by atoms with E-state index < -0.39 is 0 Å². The Labute approximate surface area is 159 Å². The molecule has 1 aromatic carbocycles. The Balaban J connectivity index is 1.31. The van der Waals surface area contributed by atoms with Crippen LogP contribution in [0.4, 0.5) is 0 Å². The summed E-state index contributed by atoms with van der Waals surface area (Å²) in [6.45, 7) is 7.16. The van der Waals surface area contributed by atoms with Gasteiger partial charge in [0.05, 0.1) is 0 Å². The number of nitrogens with zero attached hydrogens (tertiary/aromatic N) is 3. The molecule has 0 aliphatic carbocycles. The fourth-order valence-corrected chi connectivity index (χ4v) is 4.30. The molecule has 0 bridgehead atoms. The Morgan fingerprint density at radius 1 is 1.04 bits per heavy atom. The molecule has 1 unspecified atom stereocenters. The Morgan fingerprint density at radius 2 is 1.85 bits per heavy atom. The summed E-state index contributed by atoms with van der Waals surface area (Å²) in [4.78, 5) is 9.58. The third kappa shape index (κ3) is 5.73. The largest absolute Gasteiger partial charge is 0.356 e. The Hall–Kier alpha value is -1.55. The van der Waals surface area contributed by atoms with Gasteiger partial charge in [0.15, 0.2) is 5.96 Å². The van der Waals surface area contributed by atoms with Gasteiger partial charge in [-0.25, -0.2) is 0 Å². The number of benzene rings is 1. The first-order valence-corrected chi connectivity index (χ1v) is 10.6. The van der Waals surface area contributed by atoms with Crippen molar-refractivity contribution in [3.63, 3.8) is 0 Å². The first kappa shape index (κ1) is 19.2. The van der Waals surface area contributed by atoms with E-state index in [0.29, 0.717) is 5.92 Å². The molecule has 0 saturated carbocycles. The number of piperidine rings is 1. The average Bonchev–Trinajstić information content (AvgIpc) is 3.19. The van der Waals surface area contributed by atoms with E-state index in [0.717, 1.165) is 25.6 Å². The normalized spacial score (nSPS) is 22.0. The van der Waals surface area contributed by atoms with Crippen molar-refractivity contribution in [3.8, 4) is 0 Å². The van der Waals surface area contributed by atoms with E-state index in [4.69, 9.17) is 0 Å². The maximum atomic E-state index is 4.51. The molecule has 1 N–H and O–H groups in total.